The highest BCUT2D eigenvalue weighted by molar-refractivity contribution is 7.09. The predicted octanol–water partition coefficient (Wildman–Crippen LogP) is 2.07. The molecule has 0 aliphatic heterocycles. The number of hydrogen-bond donors (Lipinski definition) is 2. The average Bonchev–Trinajstić information content (AvgIpc) is 2.75. The summed E-state index contributed by atoms with van der Waals surface area (Å²) in [4.78, 5) is 23.6. The lowest BCUT2D eigenvalue weighted by Crippen LogP contribution is -2.39. The van der Waals surface area contributed by atoms with Gasteiger partial charge in [0, 0.05) is 10.9 Å². The summed E-state index contributed by atoms with van der Waals surface area (Å²) >= 11 is 1.57. The number of carbonyl (C=O) groups is 2. The Morgan fingerprint density at radius 2 is 2.15 bits per heavy atom. The van der Waals surface area contributed by atoms with Gasteiger partial charge in [0.15, 0.2) is 0 Å². The van der Waals surface area contributed by atoms with Gasteiger partial charge >= 0.3 is 11.9 Å². The van der Waals surface area contributed by atoms with E-state index in [1.54, 1.807) is 32.1 Å². The number of rotatable bonds is 7. The number of ether oxygens (including phenoxy) is 1. The summed E-state index contributed by atoms with van der Waals surface area (Å²) in [7, 11) is 0. The largest absolute Gasteiger partial charge is 0.481 e. The molecule has 0 aliphatic carbocycles. The second kappa shape index (κ2) is 7.40. The van der Waals surface area contributed by atoms with Crippen molar-refractivity contribution in [1.82, 2.24) is 5.32 Å². The standard InChI is InChI=1S/C14H21NO4S/c1-14(2,3)19-13(18)9-15-10(8-12(16)17)7-11-5-4-6-20-11/h4-6,10,15H,7-9H2,1-3H3,(H,16,17). The first-order valence-electron chi connectivity index (χ1n) is 6.45. The number of nitrogens with one attached hydrogen (secondary N) is 1. The van der Waals surface area contributed by atoms with Crippen LogP contribution < -0.4 is 5.32 Å². The second-order valence-corrected chi connectivity index (χ2v) is 6.58. The summed E-state index contributed by atoms with van der Waals surface area (Å²) in [6.45, 7) is 5.41. The van der Waals surface area contributed by atoms with E-state index in [1.807, 2.05) is 17.5 Å². The van der Waals surface area contributed by atoms with Gasteiger partial charge in [-0.1, -0.05) is 6.07 Å². The Morgan fingerprint density at radius 1 is 1.45 bits per heavy atom. The third-order valence-electron chi connectivity index (χ3n) is 2.40. The fraction of sp³-hybridized carbons (Fsp3) is 0.571. The van der Waals surface area contributed by atoms with Gasteiger partial charge in [0.1, 0.15) is 5.60 Å². The highest BCUT2D eigenvalue weighted by Crippen LogP contribution is 2.13. The molecule has 1 atom stereocenters. The number of carboxylic acid groups (broad SMARTS) is 1. The summed E-state index contributed by atoms with van der Waals surface area (Å²) in [6.07, 6.45) is 0.563. The Hall–Kier alpha value is -1.40. The highest BCUT2D eigenvalue weighted by Gasteiger charge is 2.19. The van der Waals surface area contributed by atoms with Crippen LogP contribution >= 0.6 is 11.3 Å². The van der Waals surface area contributed by atoms with Gasteiger partial charge in [-0.05, 0) is 38.6 Å². The van der Waals surface area contributed by atoms with E-state index in [9.17, 15) is 9.59 Å². The number of carbonyl (C=O) groups excluding carboxylic acids is 1. The van der Waals surface area contributed by atoms with Crippen molar-refractivity contribution >= 4 is 23.3 Å². The van der Waals surface area contributed by atoms with E-state index in [4.69, 9.17) is 9.84 Å². The molecule has 2 N–H and O–H groups in total. The molecule has 0 aromatic carbocycles. The number of aliphatic carboxylic acids is 1. The van der Waals surface area contributed by atoms with Crippen LogP contribution in [0.15, 0.2) is 17.5 Å². The molecule has 0 saturated carbocycles. The van der Waals surface area contributed by atoms with Gasteiger partial charge in [0.2, 0.25) is 0 Å². The lowest BCUT2D eigenvalue weighted by molar-refractivity contribution is -0.154. The van der Waals surface area contributed by atoms with E-state index in [0.29, 0.717) is 6.42 Å². The van der Waals surface area contributed by atoms with Crippen LogP contribution in [-0.2, 0) is 20.7 Å². The van der Waals surface area contributed by atoms with Crippen molar-refractivity contribution in [2.75, 3.05) is 6.54 Å². The molecule has 0 aliphatic rings. The molecule has 1 unspecified atom stereocenters. The van der Waals surface area contributed by atoms with Crippen molar-refractivity contribution in [3.8, 4) is 0 Å². The van der Waals surface area contributed by atoms with Crippen molar-refractivity contribution in [2.24, 2.45) is 0 Å². The van der Waals surface area contributed by atoms with Gasteiger partial charge in [-0.25, -0.2) is 0 Å². The van der Waals surface area contributed by atoms with Crippen molar-refractivity contribution in [2.45, 2.75) is 45.3 Å². The van der Waals surface area contributed by atoms with Gasteiger partial charge < -0.3 is 15.2 Å². The highest BCUT2D eigenvalue weighted by atomic mass is 32.1. The van der Waals surface area contributed by atoms with Crippen molar-refractivity contribution in [1.29, 1.82) is 0 Å². The van der Waals surface area contributed by atoms with Crippen LogP contribution in [0, 0.1) is 0 Å². The number of carboxylic acids is 1. The fourth-order valence-electron chi connectivity index (χ4n) is 1.70. The molecule has 0 saturated heterocycles. The number of esters is 1. The first-order chi connectivity index (χ1) is 9.26. The van der Waals surface area contributed by atoms with Crippen LogP contribution in [0.3, 0.4) is 0 Å². The molecule has 0 amide bonds. The predicted molar refractivity (Wildman–Crippen MR) is 77.9 cm³/mol. The smallest absolute Gasteiger partial charge is 0.320 e. The second-order valence-electron chi connectivity index (χ2n) is 5.55. The lowest BCUT2D eigenvalue weighted by Gasteiger charge is -2.21. The maximum absolute atomic E-state index is 11.6. The maximum atomic E-state index is 11.6. The van der Waals surface area contributed by atoms with E-state index in [1.165, 1.54) is 0 Å². The molecule has 1 heterocycles. The molecular formula is C14H21NO4S. The van der Waals surface area contributed by atoms with Crippen LogP contribution in [0.25, 0.3) is 0 Å². The molecule has 1 aromatic rings. The maximum Gasteiger partial charge on any atom is 0.320 e. The van der Waals surface area contributed by atoms with Crippen molar-refractivity contribution in [3.63, 3.8) is 0 Å². The van der Waals surface area contributed by atoms with E-state index in [-0.39, 0.29) is 25.0 Å². The molecule has 0 radical (unpaired) electrons. The number of thiophene rings is 1. The Kier molecular flexibility index (Phi) is 6.16. The van der Waals surface area contributed by atoms with Crippen LogP contribution in [0.5, 0.6) is 0 Å². The molecule has 6 heteroatoms. The molecule has 1 rings (SSSR count). The van der Waals surface area contributed by atoms with Crippen LogP contribution in [0.1, 0.15) is 32.1 Å². The van der Waals surface area contributed by atoms with E-state index in [0.717, 1.165) is 4.88 Å². The molecular weight excluding hydrogens is 278 g/mol. The fourth-order valence-corrected chi connectivity index (χ4v) is 2.49. The van der Waals surface area contributed by atoms with Gasteiger partial charge in [0.05, 0.1) is 13.0 Å². The topological polar surface area (TPSA) is 75.6 Å². The van der Waals surface area contributed by atoms with Crippen LogP contribution in [0.2, 0.25) is 0 Å². The van der Waals surface area contributed by atoms with Crippen molar-refractivity contribution in [3.05, 3.63) is 22.4 Å². The zero-order chi connectivity index (χ0) is 15.2. The lowest BCUT2D eigenvalue weighted by atomic mass is 10.1. The summed E-state index contributed by atoms with van der Waals surface area (Å²) in [6, 6.07) is 3.60. The molecule has 0 bridgehead atoms. The Morgan fingerprint density at radius 3 is 2.65 bits per heavy atom. The summed E-state index contributed by atoms with van der Waals surface area (Å²) < 4.78 is 5.18. The third kappa shape index (κ3) is 7.25. The molecule has 20 heavy (non-hydrogen) atoms. The molecule has 0 fully saturated rings. The zero-order valence-electron chi connectivity index (χ0n) is 12.0. The number of hydrogen-bond acceptors (Lipinski definition) is 5. The molecule has 1 aromatic heterocycles. The van der Waals surface area contributed by atoms with E-state index < -0.39 is 11.6 Å². The first kappa shape index (κ1) is 16.7. The Labute approximate surface area is 123 Å². The van der Waals surface area contributed by atoms with E-state index in [2.05, 4.69) is 5.32 Å². The van der Waals surface area contributed by atoms with Gasteiger partial charge in [-0.15, -0.1) is 11.3 Å². The SMILES string of the molecule is CC(C)(C)OC(=O)CNC(CC(=O)O)Cc1cccs1. The minimum absolute atomic E-state index is 0.0145. The monoisotopic (exact) mass is 299 g/mol. The minimum atomic E-state index is -0.886. The average molecular weight is 299 g/mol. The van der Waals surface area contributed by atoms with Gasteiger partial charge in [-0.2, -0.15) is 0 Å². The molecule has 112 valence electrons. The van der Waals surface area contributed by atoms with Gasteiger partial charge in [0.25, 0.3) is 0 Å². The van der Waals surface area contributed by atoms with Crippen LogP contribution in [0.4, 0.5) is 0 Å². The first-order valence-corrected chi connectivity index (χ1v) is 7.33. The normalized spacial score (nSPS) is 12.9. The quantitative estimate of drug-likeness (QED) is 0.754. The third-order valence-corrected chi connectivity index (χ3v) is 3.30. The Balaban J connectivity index is 2.48. The van der Waals surface area contributed by atoms with E-state index >= 15 is 0 Å². The Bertz CT molecular complexity index is 437. The van der Waals surface area contributed by atoms with Crippen molar-refractivity contribution < 1.29 is 19.4 Å². The van der Waals surface area contributed by atoms with Gasteiger partial charge in [-0.3, -0.25) is 9.59 Å². The molecule has 5 nitrogen and oxygen atoms in total. The zero-order valence-corrected chi connectivity index (χ0v) is 12.8. The van der Waals surface area contributed by atoms with Crippen LogP contribution in [-0.4, -0.2) is 35.2 Å². The summed E-state index contributed by atoms with van der Waals surface area (Å²) in [5.74, 6) is -1.26. The molecule has 0 spiro atoms. The summed E-state index contributed by atoms with van der Waals surface area (Å²) in [5, 5.41) is 13.8. The summed E-state index contributed by atoms with van der Waals surface area (Å²) in [5.41, 5.74) is -0.533. The minimum Gasteiger partial charge on any atom is -0.481 e.